The SMILES string of the molecule is COCCC(C(=O)Nc1ccc2nn(C)cc2c1)n1cc(OC)c(-c2cc(Cl)ccc2-n2cnc(F)c2)cc1=O. The lowest BCUT2D eigenvalue weighted by Gasteiger charge is -2.22. The van der Waals surface area contributed by atoms with E-state index < -0.39 is 23.5 Å². The van der Waals surface area contributed by atoms with Crippen molar-refractivity contribution in [1.29, 1.82) is 0 Å². The summed E-state index contributed by atoms with van der Waals surface area (Å²) in [5, 5.41) is 8.53. The topological polar surface area (TPSA) is 105 Å². The van der Waals surface area contributed by atoms with E-state index in [-0.39, 0.29) is 13.0 Å². The molecule has 1 amide bonds. The molecular weight excluding hydrogens is 539 g/mol. The monoisotopic (exact) mass is 564 g/mol. The normalized spacial score (nSPS) is 12.0. The predicted octanol–water partition coefficient (Wildman–Crippen LogP) is 4.61. The van der Waals surface area contributed by atoms with E-state index >= 15 is 0 Å². The number of methoxy groups -OCH3 is 2. The zero-order valence-electron chi connectivity index (χ0n) is 22.0. The largest absolute Gasteiger partial charge is 0.495 e. The fourth-order valence-electron chi connectivity index (χ4n) is 4.60. The van der Waals surface area contributed by atoms with Gasteiger partial charge in [-0.05, 0) is 36.4 Å². The number of aryl methyl sites for hydroxylation is 1. The summed E-state index contributed by atoms with van der Waals surface area (Å²) in [6.45, 7) is 0.237. The number of rotatable bonds is 9. The Balaban J connectivity index is 1.54. The van der Waals surface area contributed by atoms with Crippen molar-refractivity contribution in [1.82, 2.24) is 23.9 Å². The maximum absolute atomic E-state index is 13.7. The summed E-state index contributed by atoms with van der Waals surface area (Å²) >= 11 is 6.29. The van der Waals surface area contributed by atoms with Crippen molar-refractivity contribution in [3.05, 3.63) is 88.7 Å². The summed E-state index contributed by atoms with van der Waals surface area (Å²) in [6.07, 6.45) is 6.11. The molecule has 1 atom stereocenters. The Morgan fingerprint density at radius 1 is 1.10 bits per heavy atom. The number of carbonyl (C=O) groups is 1. The average Bonchev–Trinajstić information content (AvgIpc) is 3.53. The summed E-state index contributed by atoms with van der Waals surface area (Å²) in [6, 6.07) is 10.9. The second kappa shape index (κ2) is 11.3. The second-order valence-electron chi connectivity index (χ2n) is 9.13. The van der Waals surface area contributed by atoms with Crippen LogP contribution in [0.2, 0.25) is 5.02 Å². The summed E-state index contributed by atoms with van der Waals surface area (Å²) in [4.78, 5) is 30.7. The number of hydrogen-bond acceptors (Lipinski definition) is 6. The zero-order chi connectivity index (χ0) is 28.4. The van der Waals surface area contributed by atoms with Gasteiger partial charge in [0.25, 0.3) is 5.56 Å². The molecule has 0 saturated heterocycles. The molecule has 3 heterocycles. The molecule has 0 aliphatic rings. The van der Waals surface area contributed by atoms with Gasteiger partial charge in [-0.3, -0.25) is 18.8 Å². The van der Waals surface area contributed by atoms with Crippen molar-refractivity contribution in [2.45, 2.75) is 12.5 Å². The molecule has 2 aromatic carbocycles. The Labute approximate surface area is 233 Å². The third-order valence-electron chi connectivity index (χ3n) is 6.46. The zero-order valence-corrected chi connectivity index (χ0v) is 22.7. The molecule has 206 valence electrons. The highest BCUT2D eigenvalue weighted by atomic mass is 35.5. The quantitative estimate of drug-likeness (QED) is 0.280. The molecule has 0 aliphatic carbocycles. The van der Waals surface area contributed by atoms with Crippen molar-refractivity contribution in [2.24, 2.45) is 7.05 Å². The summed E-state index contributed by atoms with van der Waals surface area (Å²) in [5.41, 5.74) is 2.40. The molecular formula is C28H26ClFN6O4. The first kappa shape index (κ1) is 27.1. The highest BCUT2D eigenvalue weighted by molar-refractivity contribution is 6.31. The molecule has 0 radical (unpaired) electrons. The van der Waals surface area contributed by atoms with Gasteiger partial charge in [-0.2, -0.15) is 9.49 Å². The van der Waals surface area contributed by atoms with Crippen LogP contribution < -0.4 is 15.6 Å². The van der Waals surface area contributed by atoms with Gasteiger partial charge in [-0.15, -0.1) is 0 Å². The lowest BCUT2D eigenvalue weighted by molar-refractivity contribution is -0.119. The number of pyridine rings is 1. The van der Waals surface area contributed by atoms with Crippen LogP contribution in [0.5, 0.6) is 5.75 Å². The molecule has 1 unspecified atom stereocenters. The molecule has 40 heavy (non-hydrogen) atoms. The van der Waals surface area contributed by atoms with Gasteiger partial charge in [0.05, 0.1) is 30.7 Å². The van der Waals surface area contributed by atoms with Gasteiger partial charge >= 0.3 is 0 Å². The Kier molecular flexibility index (Phi) is 7.67. The molecule has 10 nitrogen and oxygen atoms in total. The number of halogens is 2. The van der Waals surface area contributed by atoms with Crippen LogP contribution in [-0.2, 0) is 16.6 Å². The highest BCUT2D eigenvalue weighted by Gasteiger charge is 2.24. The van der Waals surface area contributed by atoms with E-state index in [9.17, 15) is 14.0 Å². The van der Waals surface area contributed by atoms with Crippen molar-refractivity contribution < 1.29 is 18.7 Å². The Morgan fingerprint density at radius 2 is 1.93 bits per heavy atom. The Hall–Kier alpha value is -4.48. The minimum atomic E-state index is -0.901. The Bertz CT molecular complexity index is 1760. The number of anilines is 1. The molecule has 0 spiro atoms. The maximum Gasteiger partial charge on any atom is 0.252 e. The van der Waals surface area contributed by atoms with Crippen LogP contribution in [0.1, 0.15) is 12.5 Å². The number of hydrogen-bond donors (Lipinski definition) is 1. The number of benzene rings is 2. The molecule has 0 bridgehead atoms. The smallest absolute Gasteiger partial charge is 0.252 e. The number of amides is 1. The van der Waals surface area contributed by atoms with Crippen LogP contribution in [0.3, 0.4) is 0 Å². The van der Waals surface area contributed by atoms with E-state index in [2.05, 4.69) is 15.4 Å². The van der Waals surface area contributed by atoms with E-state index in [1.165, 1.54) is 48.1 Å². The van der Waals surface area contributed by atoms with Gasteiger partial charge in [0.15, 0.2) is 0 Å². The lowest BCUT2D eigenvalue weighted by Crippen LogP contribution is -2.34. The number of carbonyl (C=O) groups excluding carboxylic acids is 1. The van der Waals surface area contributed by atoms with Gasteiger partial charge < -0.3 is 19.4 Å². The maximum atomic E-state index is 13.7. The van der Waals surface area contributed by atoms with Gasteiger partial charge in [0.1, 0.15) is 18.1 Å². The number of nitrogens with one attached hydrogen (secondary N) is 1. The fourth-order valence-corrected chi connectivity index (χ4v) is 4.78. The van der Waals surface area contributed by atoms with E-state index in [1.54, 1.807) is 28.9 Å². The number of fused-ring (bicyclic) bond motifs is 1. The number of ether oxygens (including phenoxy) is 2. The third kappa shape index (κ3) is 5.47. The van der Waals surface area contributed by atoms with Crippen LogP contribution in [0.25, 0.3) is 27.7 Å². The first-order valence-corrected chi connectivity index (χ1v) is 12.7. The molecule has 5 rings (SSSR count). The molecule has 3 aromatic heterocycles. The van der Waals surface area contributed by atoms with Crippen molar-refractivity contribution in [3.63, 3.8) is 0 Å². The summed E-state index contributed by atoms with van der Waals surface area (Å²) in [7, 11) is 4.81. The van der Waals surface area contributed by atoms with Crippen molar-refractivity contribution in [3.8, 4) is 22.6 Å². The van der Waals surface area contributed by atoms with E-state index in [4.69, 9.17) is 21.1 Å². The van der Waals surface area contributed by atoms with Crippen molar-refractivity contribution in [2.75, 3.05) is 26.1 Å². The molecule has 0 saturated carbocycles. The van der Waals surface area contributed by atoms with E-state index in [1.807, 2.05) is 25.4 Å². The van der Waals surface area contributed by atoms with E-state index in [0.717, 1.165) is 10.9 Å². The first-order valence-electron chi connectivity index (χ1n) is 12.3. The number of nitrogens with zero attached hydrogens (tertiary/aromatic N) is 5. The fraction of sp³-hybridized carbons (Fsp3) is 0.214. The second-order valence-corrected chi connectivity index (χ2v) is 9.57. The van der Waals surface area contributed by atoms with Crippen LogP contribution >= 0.6 is 11.6 Å². The first-order chi connectivity index (χ1) is 19.3. The van der Waals surface area contributed by atoms with Gasteiger partial charge in [-0.25, -0.2) is 4.98 Å². The predicted molar refractivity (Wildman–Crippen MR) is 150 cm³/mol. The minimum absolute atomic E-state index is 0.233. The summed E-state index contributed by atoms with van der Waals surface area (Å²) in [5.74, 6) is -0.733. The summed E-state index contributed by atoms with van der Waals surface area (Å²) < 4.78 is 29.1. The van der Waals surface area contributed by atoms with Crippen LogP contribution in [0.15, 0.2) is 72.2 Å². The van der Waals surface area contributed by atoms with Crippen molar-refractivity contribution >= 4 is 34.1 Å². The van der Waals surface area contributed by atoms with Crippen LogP contribution in [-0.4, -0.2) is 50.6 Å². The molecule has 5 aromatic rings. The molecule has 1 N–H and O–H groups in total. The number of aromatic nitrogens is 5. The molecule has 12 heteroatoms. The van der Waals surface area contributed by atoms with Crippen LogP contribution in [0, 0.1) is 5.95 Å². The van der Waals surface area contributed by atoms with Gasteiger partial charge in [-0.1, -0.05) is 11.6 Å². The lowest BCUT2D eigenvalue weighted by atomic mass is 10.0. The Morgan fingerprint density at radius 3 is 2.65 bits per heavy atom. The molecule has 0 aliphatic heterocycles. The highest BCUT2D eigenvalue weighted by Crippen LogP contribution is 2.35. The third-order valence-corrected chi connectivity index (χ3v) is 6.70. The average molecular weight is 565 g/mol. The van der Waals surface area contributed by atoms with Crippen LogP contribution in [0.4, 0.5) is 10.1 Å². The van der Waals surface area contributed by atoms with Gasteiger partial charge in [0, 0.05) is 66.7 Å². The number of imidazole rings is 1. The van der Waals surface area contributed by atoms with E-state index in [0.29, 0.717) is 33.3 Å². The standard InChI is InChI=1S/C28H26ClFN6O4/c1-34-13-17-10-19(5-6-22(17)33-34)32-28(38)24(8-9-39-2)36-14-25(40-3)21(12-27(36)37)20-11-18(29)4-7-23(20)35-15-26(30)31-16-35/h4-7,10-16,24H,8-9H2,1-3H3,(H,32,38). The minimum Gasteiger partial charge on any atom is -0.495 e. The van der Waals surface area contributed by atoms with Gasteiger partial charge in [0.2, 0.25) is 11.9 Å². The molecule has 0 fully saturated rings.